The molecule has 2 heterocycles. The van der Waals surface area contributed by atoms with Crippen molar-refractivity contribution in [2.24, 2.45) is 0 Å². The van der Waals surface area contributed by atoms with Gasteiger partial charge in [0.2, 0.25) is 6.79 Å². The number of carbonyl (C=O) groups excluding carboxylic acids is 1. The van der Waals surface area contributed by atoms with Gasteiger partial charge in [-0.2, -0.15) is 0 Å². The maximum Gasteiger partial charge on any atom is 0.278 e. The van der Waals surface area contributed by atoms with Crippen LogP contribution in [0.2, 0.25) is 0 Å². The first-order chi connectivity index (χ1) is 10.7. The average Bonchev–Trinajstić information content (AvgIpc) is 3.20. The van der Waals surface area contributed by atoms with Crippen molar-refractivity contribution in [3.63, 3.8) is 0 Å². The Kier molecular flexibility index (Phi) is 4.60. The number of thiophene rings is 1. The number of benzene rings is 1. The van der Waals surface area contributed by atoms with Gasteiger partial charge in [-0.05, 0) is 36.1 Å². The van der Waals surface area contributed by atoms with Crippen LogP contribution >= 0.6 is 11.3 Å². The van der Waals surface area contributed by atoms with Gasteiger partial charge in [0.1, 0.15) is 6.54 Å². The average molecular weight is 319 g/mol. The van der Waals surface area contributed by atoms with Crippen LogP contribution < -0.4 is 20.1 Å². The Balaban J connectivity index is 1.47. The van der Waals surface area contributed by atoms with E-state index in [1.54, 1.807) is 11.3 Å². The minimum Gasteiger partial charge on any atom is -0.454 e. The van der Waals surface area contributed by atoms with Crippen molar-refractivity contribution >= 4 is 17.2 Å². The van der Waals surface area contributed by atoms with E-state index in [2.05, 4.69) is 11.4 Å². The Morgan fingerprint density at radius 3 is 3.05 bits per heavy atom. The van der Waals surface area contributed by atoms with Gasteiger partial charge in [0.15, 0.2) is 17.5 Å². The molecule has 1 amide bonds. The Labute approximate surface area is 133 Å². The van der Waals surface area contributed by atoms with E-state index in [1.165, 1.54) is 4.88 Å². The van der Waals surface area contributed by atoms with Gasteiger partial charge in [-0.15, -0.1) is 11.3 Å². The van der Waals surface area contributed by atoms with Crippen molar-refractivity contribution in [2.75, 3.05) is 6.79 Å². The summed E-state index contributed by atoms with van der Waals surface area (Å²) in [5.41, 5.74) is 1.00. The minimum atomic E-state index is -0.115. The molecule has 2 aromatic rings. The van der Waals surface area contributed by atoms with E-state index in [1.807, 2.05) is 41.9 Å². The zero-order valence-electron chi connectivity index (χ0n) is 12.4. The minimum absolute atomic E-state index is 0.0363. The van der Waals surface area contributed by atoms with E-state index >= 15 is 0 Å². The first-order valence-corrected chi connectivity index (χ1v) is 8.12. The highest BCUT2D eigenvalue weighted by Gasteiger charge is 2.17. The summed E-state index contributed by atoms with van der Waals surface area (Å²) in [4.78, 5) is 13.4. The third-order valence-electron chi connectivity index (χ3n) is 3.57. The molecule has 116 valence electrons. The van der Waals surface area contributed by atoms with E-state index in [-0.39, 0.29) is 18.7 Å². The molecule has 3 rings (SSSR count). The lowest BCUT2D eigenvalue weighted by Gasteiger charge is -2.11. The normalized spacial score (nSPS) is 13.9. The van der Waals surface area contributed by atoms with Gasteiger partial charge >= 0.3 is 0 Å². The zero-order chi connectivity index (χ0) is 15.4. The molecule has 0 spiro atoms. The largest absolute Gasteiger partial charge is 0.454 e. The summed E-state index contributed by atoms with van der Waals surface area (Å²) < 4.78 is 10.6. The monoisotopic (exact) mass is 319 g/mol. The van der Waals surface area contributed by atoms with Gasteiger partial charge in [0.25, 0.3) is 5.91 Å². The number of ether oxygens (including phenoxy) is 2. The van der Waals surface area contributed by atoms with Crippen LogP contribution in [-0.4, -0.2) is 18.7 Å². The highest BCUT2D eigenvalue weighted by atomic mass is 32.1. The lowest BCUT2D eigenvalue weighted by atomic mass is 10.2. The van der Waals surface area contributed by atoms with Gasteiger partial charge in [0, 0.05) is 6.54 Å². The SMILES string of the molecule is C[C@H]([NH2+]Cc1cccs1)C(=O)NCc1ccc2c(c1)OCO2. The molecular formula is C16H19N2O3S+. The number of quaternary nitrogens is 1. The van der Waals surface area contributed by atoms with E-state index in [4.69, 9.17) is 9.47 Å². The second-order valence-corrected chi connectivity index (χ2v) is 6.25. The molecular weight excluding hydrogens is 300 g/mol. The number of carbonyl (C=O) groups is 1. The highest BCUT2D eigenvalue weighted by molar-refractivity contribution is 7.09. The Morgan fingerprint density at radius 2 is 2.23 bits per heavy atom. The fraction of sp³-hybridized carbons (Fsp3) is 0.312. The van der Waals surface area contributed by atoms with E-state index in [0.717, 1.165) is 23.6 Å². The standard InChI is InChI=1S/C16H18N2O3S/c1-11(17-9-13-3-2-6-22-13)16(19)18-8-12-4-5-14-15(7-12)21-10-20-14/h2-7,11,17H,8-10H2,1H3,(H,18,19)/p+1/t11-/m0/s1. The molecule has 1 atom stereocenters. The quantitative estimate of drug-likeness (QED) is 0.842. The van der Waals surface area contributed by atoms with Crippen LogP contribution in [0.25, 0.3) is 0 Å². The van der Waals surface area contributed by atoms with Gasteiger partial charge in [-0.1, -0.05) is 12.1 Å². The van der Waals surface area contributed by atoms with Crippen LogP contribution in [0.4, 0.5) is 0 Å². The molecule has 0 bridgehead atoms. The Hall–Kier alpha value is -2.05. The first-order valence-electron chi connectivity index (χ1n) is 7.24. The number of nitrogens with one attached hydrogen (secondary N) is 1. The van der Waals surface area contributed by atoms with E-state index in [9.17, 15) is 4.79 Å². The maximum absolute atomic E-state index is 12.1. The van der Waals surface area contributed by atoms with E-state index in [0.29, 0.717) is 6.54 Å². The molecule has 0 aliphatic carbocycles. The number of nitrogens with two attached hydrogens (primary N) is 1. The molecule has 0 saturated heterocycles. The van der Waals surface area contributed by atoms with E-state index < -0.39 is 0 Å². The summed E-state index contributed by atoms with van der Waals surface area (Å²) in [5.74, 6) is 1.53. The summed E-state index contributed by atoms with van der Waals surface area (Å²) in [6, 6.07) is 9.71. The van der Waals surface area contributed by atoms with Crippen molar-refractivity contribution in [1.82, 2.24) is 5.32 Å². The number of rotatable bonds is 6. The Bertz CT molecular complexity index is 643. The van der Waals surface area contributed by atoms with Crippen molar-refractivity contribution in [3.8, 4) is 11.5 Å². The third kappa shape index (κ3) is 3.58. The molecule has 6 heteroatoms. The molecule has 0 saturated carbocycles. The van der Waals surface area contributed by atoms with Crippen molar-refractivity contribution in [3.05, 3.63) is 46.2 Å². The summed E-state index contributed by atoms with van der Waals surface area (Å²) in [6.07, 6.45) is 0. The summed E-state index contributed by atoms with van der Waals surface area (Å²) in [7, 11) is 0. The molecule has 1 aromatic carbocycles. The topological polar surface area (TPSA) is 64.2 Å². The highest BCUT2D eigenvalue weighted by Crippen LogP contribution is 2.32. The smallest absolute Gasteiger partial charge is 0.278 e. The number of hydrogen-bond donors (Lipinski definition) is 2. The third-order valence-corrected chi connectivity index (χ3v) is 4.47. The molecule has 1 aromatic heterocycles. The molecule has 1 aliphatic rings. The van der Waals surface area contributed by atoms with Crippen LogP contribution in [0.5, 0.6) is 11.5 Å². The fourth-order valence-electron chi connectivity index (χ4n) is 2.23. The number of hydrogen-bond acceptors (Lipinski definition) is 4. The lowest BCUT2D eigenvalue weighted by Crippen LogP contribution is -2.90. The Morgan fingerprint density at radius 1 is 1.36 bits per heavy atom. The maximum atomic E-state index is 12.1. The predicted octanol–water partition coefficient (Wildman–Crippen LogP) is 1.25. The molecule has 3 N–H and O–H groups in total. The van der Waals surface area contributed by atoms with Crippen LogP contribution in [0.15, 0.2) is 35.7 Å². The first kappa shape index (κ1) is 14.9. The fourth-order valence-corrected chi connectivity index (χ4v) is 2.91. The summed E-state index contributed by atoms with van der Waals surface area (Å²) in [5, 5.41) is 7.05. The zero-order valence-corrected chi connectivity index (χ0v) is 13.2. The summed E-state index contributed by atoms with van der Waals surface area (Å²) >= 11 is 1.71. The van der Waals surface area contributed by atoms with Crippen molar-refractivity contribution in [2.45, 2.75) is 26.1 Å². The van der Waals surface area contributed by atoms with Crippen LogP contribution in [-0.2, 0) is 17.9 Å². The summed E-state index contributed by atoms with van der Waals surface area (Å²) in [6.45, 7) is 3.51. The van der Waals surface area contributed by atoms with Crippen LogP contribution in [0.1, 0.15) is 17.4 Å². The molecule has 0 unspecified atom stereocenters. The molecule has 22 heavy (non-hydrogen) atoms. The van der Waals surface area contributed by atoms with Crippen molar-refractivity contribution in [1.29, 1.82) is 0 Å². The molecule has 0 radical (unpaired) electrons. The van der Waals surface area contributed by atoms with Gasteiger partial charge in [-0.3, -0.25) is 4.79 Å². The van der Waals surface area contributed by atoms with Gasteiger partial charge in [0.05, 0.1) is 4.88 Å². The van der Waals surface area contributed by atoms with Crippen molar-refractivity contribution < 1.29 is 19.6 Å². The number of fused-ring (bicyclic) bond motifs is 1. The number of amides is 1. The molecule has 1 aliphatic heterocycles. The van der Waals surface area contributed by atoms with Crippen LogP contribution in [0, 0.1) is 0 Å². The van der Waals surface area contributed by atoms with Crippen LogP contribution in [0.3, 0.4) is 0 Å². The second kappa shape index (κ2) is 6.81. The van der Waals surface area contributed by atoms with Gasteiger partial charge in [-0.25, -0.2) is 0 Å². The lowest BCUT2D eigenvalue weighted by molar-refractivity contribution is -0.688. The predicted molar refractivity (Wildman–Crippen MR) is 83.8 cm³/mol. The molecule has 5 nitrogen and oxygen atoms in total. The van der Waals surface area contributed by atoms with Gasteiger partial charge < -0.3 is 20.1 Å². The molecule has 0 fully saturated rings. The second-order valence-electron chi connectivity index (χ2n) is 5.21.